The first-order chi connectivity index (χ1) is 7.24. The standard InChI is InChI=1S/C10H16N2O3/c1-7(13)5-10-11-9(12-15-10)6-8-3-2-4-14-8/h7-8,13H,2-6H2,1H3. The Morgan fingerprint density at radius 1 is 1.60 bits per heavy atom. The molecule has 0 bridgehead atoms. The first-order valence-electron chi connectivity index (χ1n) is 5.35. The minimum atomic E-state index is -0.443. The van der Waals surface area contributed by atoms with Crippen LogP contribution in [-0.2, 0) is 17.6 Å². The largest absolute Gasteiger partial charge is 0.393 e. The molecule has 0 aromatic carbocycles. The van der Waals surface area contributed by atoms with E-state index < -0.39 is 6.10 Å². The predicted octanol–water partition coefficient (Wildman–Crippen LogP) is 0.714. The summed E-state index contributed by atoms with van der Waals surface area (Å²) in [5, 5.41) is 13.0. The minimum absolute atomic E-state index is 0.238. The van der Waals surface area contributed by atoms with Crippen molar-refractivity contribution in [1.29, 1.82) is 0 Å². The van der Waals surface area contributed by atoms with Gasteiger partial charge in [0.1, 0.15) is 0 Å². The molecule has 84 valence electrons. The molecule has 2 unspecified atom stereocenters. The van der Waals surface area contributed by atoms with E-state index >= 15 is 0 Å². The lowest BCUT2D eigenvalue weighted by atomic mass is 10.2. The number of hydrogen-bond acceptors (Lipinski definition) is 5. The van der Waals surface area contributed by atoms with Gasteiger partial charge >= 0.3 is 0 Å². The maximum atomic E-state index is 9.15. The number of ether oxygens (including phenoxy) is 1. The topological polar surface area (TPSA) is 68.4 Å². The molecule has 1 saturated heterocycles. The molecular weight excluding hydrogens is 196 g/mol. The molecule has 5 heteroatoms. The molecule has 0 radical (unpaired) electrons. The Labute approximate surface area is 88.4 Å². The second kappa shape index (κ2) is 4.72. The summed E-state index contributed by atoms with van der Waals surface area (Å²) in [7, 11) is 0. The first-order valence-corrected chi connectivity index (χ1v) is 5.35. The quantitative estimate of drug-likeness (QED) is 0.796. The third-order valence-corrected chi connectivity index (χ3v) is 2.41. The normalized spacial score (nSPS) is 23.2. The number of nitrogens with zero attached hydrogens (tertiary/aromatic N) is 2. The lowest BCUT2D eigenvalue weighted by Gasteiger charge is -2.03. The summed E-state index contributed by atoms with van der Waals surface area (Å²) >= 11 is 0. The Morgan fingerprint density at radius 3 is 3.13 bits per heavy atom. The summed E-state index contributed by atoms with van der Waals surface area (Å²) in [6.07, 6.45) is 3.11. The van der Waals surface area contributed by atoms with E-state index in [1.165, 1.54) is 0 Å². The Hall–Kier alpha value is -0.940. The van der Waals surface area contributed by atoms with Gasteiger partial charge in [-0.3, -0.25) is 0 Å². The molecular formula is C10H16N2O3. The van der Waals surface area contributed by atoms with Crippen LogP contribution in [0.2, 0.25) is 0 Å². The van der Waals surface area contributed by atoms with Crippen LogP contribution in [0.15, 0.2) is 4.52 Å². The molecule has 1 aromatic heterocycles. The van der Waals surface area contributed by atoms with Crippen LogP contribution >= 0.6 is 0 Å². The van der Waals surface area contributed by atoms with Gasteiger partial charge in [0.15, 0.2) is 5.82 Å². The monoisotopic (exact) mass is 212 g/mol. The number of aliphatic hydroxyl groups is 1. The van der Waals surface area contributed by atoms with Crippen LogP contribution in [0.3, 0.4) is 0 Å². The van der Waals surface area contributed by atoms with E-state index in [0.717, 1.165) is 19.4 Å². The van der Waals surface area contributed by atoms with Crippen LogP contribution in [0.1, 0.15) is 31.5 Å². The fourth-order valence-electron chi connectivity index (χ4n) is 1.72. The van der Waals surface area contributed by atoms with Crippen LogP contribution in [0.5, 0.6) is 0 Å². The SMILES string of the molecule is CC(O)Cc1nc(CC2CCCO2)no1. The Balaban J connectivity index is 1.88. The third kappa shape index (κ3) is 3.00. The molecule has 1 aliphatic heterocycles. The van der Waals surface area contributed by atoms with Gasteiger partial charge < -0.3 is 14.4 Å². The van der Waals surface area contributed by atoms with Crippen LogP contribution < -0.4 is 0 Å². The highest BCUT2D eigenvalue weighted by Crippen LogP contribution is 2.15. The molecule has 0 saturated carbocycles. The van der Waals surface area contributed by atoms with Crippen molar-refractivity contribution in [3.05, 3.63) is 11.7 Å². The molecule has 15 heavy (non-hydrogen) atoms. The molecule has 2 rings (SSSR count). The van der Waals surface area contributed by atoms with Gasteiger partial charge in [-0.05, 0) is 19.8 Å². The lowest BCUT2D eigenvalue weighted by molar-refractivity contribution is 0.109. The van der Waals surface area contributed by atoms with Crippen molar-refractivity contribution >= 4 is 0 Å². The van der Waals surface area contributed by atoms with Gasteiger partial charge in [-0.25, -0.2) is 0 Å². The lowest BCUT2D eigenvalue weighted by Crippen LogP contribution is -2.10. The molecule has 1 N–H and O–H groups in total. The Morgan fingerprint density at radius 2 is 2.47 bits per heavy atom. The zero-order chi connectivity index (χ0) is 10.7. The molecule has 0 aliphatic carbocycles. The number of aromatic nitrogens is 2. The summed E-state index contributed by atoms with van der Waals surface area (Å²) in [5.41, 5.74) is 0. The highest BCUT2D eigenvalue weighted by Gasteiger charge is 2.19. The van der Waals surface area contributed by atoms with E-state index in [2.05, 4.69) is 10.1 Å². The average Bonchev–Trinajstić information content (AvgIpc) is 2.77. The van der Waals surface area contributed by atoms with Crippen LogP contribution in [0.25, 0.3) is 0 Å². The number of hydrogen-bond donors (Lipinski definition) is 1. The second-order valence-electron chi connectivity index (χ2n) is 4.00. The molecule has 1 fully saturated rings. The van der Waals surface area contributed by atoms with Crippen LogP contribution in [-0.4, -0.2) is 34.1 Å². The van der Waals surface area contributed by atoms with E-state index in [4.69, 9.17) is 14.4 Å². The smallest absolute Gasteiger partial charge is 0.229 e. The third-order valence-electron chi connectivity index (χ3n) is 2.41. The van der Waals surface area contributed by atoms with E-state index in [0.29, 0.717) is 24.6 Å². The van der Waals surface area contributed by atoms with Crippen molar-refractivity contribution in [2.75, 3.05) is 6.61 Å². The molecule has 0 amide bonds. The van der Waals surface area contributed by atoms with E-state index in [9.17, 15) is 0 Å². The average molecular weight is 212 g/mol. The van der Waals surface area contributed by atoms with Crippen LogP contribution in [0.4, 0.5) is 0 Å². The van der Waals surface area contributed by atoms with Gasteiger partial charge in [0.05, 0.1) is 18.6 Å². The molecule has 1 aliphatic rings. The second-order valence-corrected chi connectivity index (χ2v) is 4.00. The van der Waals surface area contributed by atoms with E-state index in [-0.39, 0.29) is 6.10 Å². The molecule has 5 nitrogen and oxygen atoms in total. The Kier molecular flexibility index (Phi) is 3.33. The number of rotatable bonds is 4. The van der Waals surface area contributed by atoms with Gasteiger partial charge in [-0.1, -0.05) is 5.16 Å². The van der Waals surface area contributed by atoms with Crippen molar-refractivity contribution in [2.45, 2.75) is 44.8 Å². The van der Waals surface area contributed by atoms with Crippen molar-refractivity contribution in [2.24, 2.45) is 0 Å². The maximum Gasteiger partial charge on any atom is 0.229 e. The zero-order valence-corrected chi connectivity index (χ0v) is 8.85. The molecule has 0 spiro atoms. The fourth-order valence-corrected chi connectivity index (χ4v) is 1.72. The Bertz CT molecular complexity index is 305. The summed E-state index contributed by atoms with van der Waals surface area (Å²) in [5.74, 6) is 1.18. The number of aliphatic hydroxyl groups excluding tert-OH is 1. The van der Waals surface area contributed by atoms with Gasteiger partial charge in [0.25, 0.3) is 0 Å². The first kappa shape index (κ1) is 10.6. The van der Waals surface area contributed by atoms with Crippen LogP contribution in [0, 0.1) is 0 Å². The summed E-state index contributed by atoms with van der Waals surface area (Å²) in [6.45, 7) is 2.53. The zero-order valence-electron chi connectivity index (χ0n) is 8.85. The summed E-state index contributed by atoms with van der Waals surface area (Å²) < 4.78 is 10.5. The highest BCUT2D eigenvalue weighted by molar-refractivity contribution is 4.90. The molecule has 1 aromatic rings. The van der Waals surface area contributed by atoms with Gasteiger partial charge in [-0.2, -0.15) is 4.98 Å². The van der Waals surface area contributed by atoms with E-state index in [1.807, 2.05) is 0 Å². The maximum absolute atomic E-state index is 9.15. The minimum Gasteiger partial charge on any atom is -0.393 e. The van der Waals surface area contributed by atoms with Gasteiger partial charge in [-0.15, -0.1) is 0 Å². The van der Waals surface area contributed by atoms with E-state index in [1.54, 1.807) is 6.92 Å². The van der Waals surface area contributed by atoms with Crippen molar-refractivity contribution in [1.82, 2.24) is 10.1 Å². The predicted molar refractivity (Wildman–Crippen MR) is 52.4 cm³/mol. The van der Waals surface area contributed by atoms with Crippen molar-refractivity contribution in [3.8, 4) is 0 Å². The summed E-state index contributed by atoms with van der Waals surface area (Å²) in [4.78, 5) is 4.20. The van der Waals surface area contributed by atoms with Crippen molar-refractivity contribution in [3.63, 3.8) is 0 Å². The fraction of sp³-hybridized carbons (Fsp3) is 0.800. The molecule has 2 heterocycles. The van der Waals surface area contributed by atoms with Crippen molar-refractivity contribution < 1.29 is 14.4 Å². The molecule has 2 atom stereocenters. The highest BCUT2D eigenvalue weighted by atomic mass is 16.5. The summed E-state index contributed by atoms with van der Waals surface area (Å²) in [6, 6.07) is 0. The van der Waals surface area contributed by atoms with Gasteiger partial charge in [0, 0.05) is 13.0 Å². The van der Waals surface area contributed by atoms with Gasteiger partial charge in [0.2, 0.25) is 5.89 Å².